The summed E-state index contributed by atoms with van der Waals surface area (Å²) in [6.45, 7) is 0.768. The Labute approximate surface area is 168 Å². The Morgan fingerprint density at radius 2 is 1.86 bits per heavy atom. The summed E-state index contributed by atoms with van der Waals surface area (Å²) >= 11 is 0. The number of fused-ring (bicyclic) bond motifs is 1. The van der Waals surface area contributed by atoms with Crippen LogP contribution < -0.4 is 0 Å². The van der Waals surface area contributed by atoms with E-state index in [1.165, 1.54) is 5.56 Å². The SMILES string of the molecule is O=C(O)c1cc(C2CC2)cnc1Cc1cnc2c(ccn2Cc2ccccc2)c1. The second-order valence-corrected chi connectivity index (χ2v) is 7.70. The summed E-state index contributed by atoms with van der Waals surface area (Å²) in [7, 11) is 0. The zero-order valence-electron chi connectivity index (χ0n) is 16.0. The molecule has 1 N–H and O–H groups in total. The van der Waals surface area contributed by atoms with Crippen molar-refractivity contribution in [2.45, 2.75) is 31.7 Å². The van der Waals surface area contributed by atoms with Crippen LogP contribution in [0.5, 0.6) is 0 Å². The highest BCUT2D eigenvalue weighted by Gasteiger charge is 2.25. The average Bonchev–Trinajstić information content (AvgIpc) is 3.51. The number of pyridine rings is 2. The van der Waals surface area contributed by atoms with Gasteiger partial charge in [-0.1, -0.05) is 30.3 Å². The first-order valence-corrected chi connectivity index (χ1v) is 9.87. The van der Waals surface area contributed by atoms with Crippen molar-refractivity contribution < 1.29 is 9.90 Å². The van der Waals surface area contributed by atoms with Crippen LogP contribution in [-0.4, -0.2) is 25.6 Å². The van der Waals surface area contributed by atoms with E-state index in [0.717, 1.165) is 41.5 Å². The number of nitrogens with zero attached hydrogens (tertiary/aromatic N) is 3. The number of carboxylic acids is 1. The van der Waals surface area contributed by atoms with E-state index in [1.807, 2.05) is 36.8 Å². The van der Waals surface area contributed by atoms with Crippen molar-refractivity contribution in [2.24, 2.45) is 0 Å². The molecule has 1 saturated carbocycles. The minimum atomic E-state index is -0.918. The van der Waals surface area contributed by atoms with Crippen LogP contribution >= 0.6 is 0 Å². The van der Waals surface area contributed by atoms with Crippen molar-refractivity contribution in [3.05, 3.63) is 95.1 Å². The van der Waals surface area contributed by atoms with Crippen molar-refractivity contribution in [2.75, 3.05) is 0 Å². The third kappa shape index (κ3) is 3.63. The van der Waals surface area contributed by atoms with Gasteiger partial charge < -0.3 is 9.67 Å². The van der Waals surface area contributed by atoms with Gasteiger partial charge in [-0.3, -0.25) is 4.98 Å². The molecule has 0 spiro atoms. The number of benzene rings is 1. The highest BCUT2D eigenvalue weighted by Crippen LogP contribution is 2.40. The smallest absolute Gasteiger partial charge is 0.337 e. The first kappa shape index (κ1) is 17.6. The van der Waals surface area contributed by atoms with Crippen molar-refractivity contribution in [3.8, 4) is 0 Å². The van der Waals surface area contributed by atoms with Crippen LogP contribution in [0.1, 0.15) is 51.5 Å². The van der Waals surface area contributed by atoms with Crippen LogP contribution in [0.15, 0.2) is 67.1 Å². The van der Waals surface area contributed by atoms with Gasteiger partial charge in [0, 0.05) is 36.9 Å². The Morgan fingerprint density at radius 3 is 2.62 bits per heavy atom. The third-order valence-electron chi connectivity index (χ3n) is 5.50. The minimum absolute atomic E-state index is 0.302. The first-order valence-electron chi connectivity index (χ1n) is 9.87. The van der Waals surface area contributed by atoms with Crippen LogP contribution in [0.4, 0.5) is 0 Å². The first-order chi connectivity index (χ1) is 14.2. The lowest BCUT2D eigenvalue weighted by Gasteiger charge is -2.09. The highest BCUT2D eigenvalue weighted by atomic mass is 16.4. The van der Waals surface area contributed by atoms with Gasteiger partial charge in [0.25, 0.3) is 0 Å². The quantitative estimate of drug-likeness (QED) is 0.526. The molecule has 1 fully saturated rings. The molecule has 0 aliphatic heterocycles. The van der Waals surface area contributed by atoms with E-state index in [9.17, 15) is 9.90 Å². The van der Waals surface area contributed by atoms with Gasteiger partial charge in [0.1, 0.15) is 5.65 Å². The fourth-order valence-electron chi connectivity index (χ4n) is 3.80. The van der Waals surface area contributed by atoms with Crippen molar-refractivity contribution in [1.82, 2.24) is 14.5 Å². The molecule has 1 aliphatic carbocycles. The summed E-state index contributed by atoms with van der Waals surface area (Å²) in [5, 5.41) is 10.7. The minimum Gasteiger partial charge on any atom is -0.478 e. The highest BCUT2D eigenvalue weighted by molar-refractivity contribution is 5.89. The molecule has 0 saturated heterocycles. The molecule has 0 bridgehead atoms. The van der Waals surface area contributed by atoms with Crippen LogP contribution in [-0.2, 0) is 13.0 Å². The predicted molar refractivity (Wildman–Crippen MR) is 111 cm³/mol. The van der Waals surface area contributed by atoms with E-state index >= 15 is 0 Å². The number of rotatable bonds is 6. The van der Waals surface area contributed by atoms with E-state index in [1.54, 1.807) is 6.07 Å². The summed E-state index contributed by atoms with van der Waals surface area (Å²) < 4.78 is 2.12. The van der Waals surface area contributed by atoms with Gasteiger partial charge in [0.2, 0.25) is 0 Å². The largest absolute Gasteiger partial charge is 0.478 e. The van der Waals surface area contributed by atoms with E-state index in [2.05, 4.69) is 38.8 Å². The van der Waals surface area contributed by atoms with Gasteiger partial charge in [0.05, 0.1) is 11.3 Å². The maximum atomic E-state index is 11.7. The van der Waals surface area contributed by atoms with Crippen LogP contribution in [0, 0.1) is 0 Å². The van der Waals surface area contributed by atoms with Gasteiger partial charge in [-0.15, -0.1) is 0 Å². The summed E-state index contributed by atoms with van der Waals surface area (Å²) in [5.74, 6) is -0.435. The molecule has 0 radical (unpaired) electrons. The third-order valence-corrected chi connectivity index (χ3v) is 5.50. The molecule has 3 aromatic heterocycles. The van der Waals surface area contributed by atoms with E-state index < -0.39 is 5.97 Å². The van der Waals surface area contributed by atoms with E-state index in [4.69, 9.17) is 0 Å². The summed E-state index contributed by atoms with van der Waals surface area (Å²) in [4.78, 5) is 20.9. The second-order valence-electron chi connectivity index (χ2n) is 7.70. The van der Waals surface area contributed by atoms with Gasteiger partial charge in [-0.05, 0) is 53.6 Å². The number of hydrogen-bond acceptors (Lipinski definition) is 3. The average molecular weight is 383 g/mol. The Hall–Kier alpha value is -3.47. The topological polar surface area (TPSA) is 68.0 Å². The fraction of sp³-hybridized carbons (Fsp3) is 0.208. The van der Waals surface area contributed by atoms with Crippen molar-refractivity contribution in [3.63, 3.8) is 0 Å². The zero-order valence-corrected chi connectivity index (χ0v) is 16.0. The van der Waals surface area contributed by atoms with Gasteiger partial charge in [-0.25, -0.2) is 9.78 Å². The molecule has 0 amide bonds. The molecule has 29 heavy (non-hydrogen) atoms. The lowest BCUT2D eigenvalue weighted by atomic mass is 10.0. The zero-order chi connectivity index (χ0) is 19.8. The number of carbonyl (C=O) groups is 1. The van der Waals surface area contributed by atoms with Crippen LogP contribution in [0.3, 0.4) is 0 Å². The fourth-order valence-corrected chi connectivity index (χ4v) is 3.80. The molecular formula is C24H21N3O2. The molecule has 3 heterocycles. The van der Waals surface area contributed by atoms with Crippen molar-refractivity contribution >= 4 is 17.0 Å². The van der Waals surface area contributed by atoms with Crippen LogP contribution in [0.2, 0.25) is 0 Å². The maximum absolute atomic E-state index is 11.7. The number of hydrogen-bond donors (Lipinski definition) is 1. The molecule has 5 nitrogen and oxygen atoms in total. The molecule has 1 aliphatic rings. The van der Waals surface area contributed by atoms with Gasteiger partial charge in [-0.2, -0.15) is 0 Å². The molecule has 144 valence electrons. The van der Waals surface area contributed by atoms with Crippen LogP contribution in [0.25, 0.3) is 11.0 Å². The molecule has 4 aromatic rings. The van der Waals surface area contributed by atoms with Gasteiger partial charge in [0.15, 0.2) is 0 Å². The molecule has 5 rings (SSSR count). The molecule has 0 unspecified atom stereocenters. The molecular weight excluding hydrogens is 362 g/mol. The molecule has 5 heteroatoms. The summed E-state index contributed by atoms with van der Waals surface area (Å²) in [5.41, 5.74) is 5.04. The normalized spacial score (nSPS) is 13.7. The summed E-state index contributed by atoms with van der Waals surface area (Å²) in [6.07, 6.45) is 8.41. The van der Waals surface area contributed by atoms with Gasteiger partial charge >= 0.3 is 5.97 Å². The Bertz CT molecular complexity index is 1190. The van der Waals surface area contributed by atoms with E-state index in [-0.39, 0.29) is 0 Å². The monoisotopic (exact) mass is 383 g/mol. The Morgan fingerprint density at radius 1 is 1.03 bits per heavy atom. The lowest BCUT2D eigenvalue weighted by Crippen LogP contribution is -2.07. The Balaban J connectivity index is 1.42. The number of carboxylic acid groups (broad SMARTS) is 1. The Kier molecular flexibility index (Phi) is 4.35. The standard InChI is InChI=1S/C24H21N3O2/c28-24(29)21-12-20(18-6-7-18)14-25-22(21)11-17-10-19-8-9-27(23(19)26-13-17)15-16-4-2-1-3-5-16/h1-5,8-10,12-14,18H,6-7,11,15H2,(H,28,29). The number of aromatic nitrogens is 3. The summed E-state index contributed by atoms with van der Waals surface area (Å²) in [6, 6.07) is 16.2. The van der Waals surface area contributed by atoms with Crippen molar-refractivity contribution in [1.29, 1.82) is 0 Å². The predicted octanol–water partition coefficient (Wildman–Crippen LogP) is 4.65. The molecule has 1 aromatic carbocycles. The second kappa shape index (κ2) is 7.17. The molecule has 0 atom stereocenters. The van der Waals surface area contributed by atoms with E-state index in [0.29, 0.717) is 23.6 Å². The lowest BCUT2D eigenvalue weighted by molar-refractivity contribution is 0.0695. The number of aromatic carboxylic acids is 1. The maximum Gasteiger partial charge on any atom is 0.337 e.